The van der Waals surface area contributed by atoms with E-state index >= 15 is 0 Å². The summed E-state index contributed by atoms with van der Waals surface area (Å²) < 4.78 is 1.89. The highest BCUT2D eigenvalue weighted by atomic mass is 16.2. The molecule has 3 heterocycles. The van der Waals surface area contributed by atoms with Crippen molar-refractivity contribution in [2.45, 2.75) is 39.2 Å². The van der Waals surface area contributed by atoms with E-state index in [2.05, 4.69) is 15.5 Å². The molecule has 0 saturated heterocycles. The van der Waals surface area contributed by atoms with Crippen molar-refractivity contribution in [2.24, 2.45) is 0 Å². The van der Waals surface area contributed by atoms with Gasteiger partial charge in [0, 0.05) is 25.2 Å². The predicted octanol–water partition coefficient (Wildman–Crippen LogP) is 3.76. The molecule has 1 atom stereocenters. The van der Waals surface area contributed by atoms with Gasteiger partial charge in [0.25, 0.3) is 0 Å². The molecule has 1 aromatic carbocycles. The van der Waals surface area contributed by atoms with Gasteiger partial charge >= 0.3 is 0 Å². The number of carbonyl (C=O) groups is 2. The smallest absolute Gasteiger partial charge is 0.226 e. The zero-order chi connectivity index (χ0) is 20.5. The van der Waals surface area contributed by atoms with Gasteiger partial charge in [-0.05, 0) is 29.3 Å². The number of nitrogens with one attached hydrogen (secondary N) is 1. The number of nitrogens with zero attached hydrogens (tertiary/aromatic N) is 4. The normalized spacial score (nSPS) is 15.6. The summed E-state index contributed by atoms with van der Waals surface area (Å²) in [5.41, 5.74) is 3.39. The molecule has 2 aromatic heterocycles. The van der Waals surface area contributed by atoms with E-state index in [0.29, 0.717) is 5.69 Å². The Morgan fingerprint density at radius 2 is 1.93 bits per heavy atom. The van der Waals surface area contributed by atoms with Crippen molar-refractivity contribution in [2.75, 3.05) is 5.32 Å². The van der Waals surface area contributed by atoms with Crippen molar-refractivity contribution < 1.29 is 9.59 Å². The second-order valence-electron chi connectivity index (χ2n) is 7.50. The highest BCUT2D eigenvalue weighted by Crippen LogP contribution is 2.33. The first-order valence-electron chi connectivity index (χ1n) is 9.64. The zero-order valence-electron chi connectivity index (χ0n) is 16.7. The van der Waals surface area contributed by atoms with Crippen LogP contribution in [-0.2, 0) is 9.59 Å². The van der Waals surface area contributed by atoms with E-state index in [0.717, 1.165) is 22.6 Å². The van der Waals surface area contributed by atoms with Crippen molar-refractivity contribution in [1.82, 2.24) is 19.5 Å². The predicted molar refractivity (Wildman–Crippen MR) is 111 cm³/mol. The SMILES string of the molecule is CC(=O)N1C=Cc2ccccc2C1CC(=O)Nc1ccc2nnc(C(C)C)n2c1. The molecule has 0 saturated carbocycles. The number of carbonyl (C=O) groups excluding carboxylic acids is 2. The average molecular weight is 389 g/mol. The van der Waals surface area contributed by atoms with Gasteiger partial charge in [-0.25, -0.2) is 0 Å². The lowest BCUT2D eigenvalue weighted by Crippen LogP contribution is -2.33. The fraction of sp³-hybridized carbons (Fsp3) is 0.273. The maximum atomic E-state index is 12.8. The van der Waals surface area contributed by atoms with Gasteiger partial charge in [-0.3, -0.25) is 14.0 Å². The Kier molecular flexibility index (Phi) is 4.88. The number of rotatable bonds is 4. The summed E-state index contributed by atoms with van der Waals surface area (Å²) in [5.74, 6) is 0.793. The Balaban J connectivity index is 1.57. The monoisotopic (exact) mass is 389 g/mol. The third kappa shape index (κ3) is 3.63. The summed E-state index contributed by atoms with van der Waals surface area (Å²) in [5, 5.41) is 11.3. The summed E-state index contributed by atoms with van der Waals surface area (Å²) in [6.07, 6.45) is 5.65. The highest BCUT2D eigenvalue weighted by Gasteiger charge is 2.28. The molecule has 2 amide bonds. The van der Waals surface area contributed by atoms with E-state index in [9.17, 15) is 9.59 Å². The quantitative estimate of drug-likeness (QED) is 0.737. The molecule has 29 heavy (non-hydrogen) atoms. The van der Waals surface area contributed by atoms with Gasteiger partial charge in [0.15, 0.2) is 5.65 Å². The summed E-state index contributed by atoms with van der Waals surface area (Å²) in [7, 11) is 0. The van der Waals surface area contributed by atoms with Crippen LogP contribution in [-0.4, -0.2) is 31.3 Å². The Hall–Kier alpha value is -3.48. The summed E-state index contributed by atoms with van der Waals surface area (Å²) in [4.78, 5) is 26.6. The maximum Gasteiger partial charge on any atom is 0.226 e. The minimum Gasteiger partial charge on any atom is -0.325 e. The Labute approximate surface area is 169 Å². The number of aromatic nitrogens is 3. The number of pyridine rings is 1. The van der Waals surface area contributed by atoms with E-state index in [1.54, 1.807) is 11.1 Å². The zero-order valence-corrected chi connectivity index (χ0v) is 16.7. The van der Waals surface area contributed by atoms with E-state index in [1.165, 1.54) is 6.92 Å². The number of hydrogen-bond acceptors (Lipinski definition) is 4. The van der Waals surface area contributed by atoms with Gasteiger partial charge in [-0.2, -0.15) is 0 Å². The third-order valence-corrected chi connectivity index (χ3v) is 5.08. The fourth-order valence-corrected chi connectivity index (χ4v) is 3.68. The molecule has 0 bridgehead atoms. The van der Waals surface area contributed by atoms with E-state index in [1.807, 2.05) is 66.9 Å². The molecule has 4 rings (SSSR count). The largest absolute Gasteiger partial charge is 0.325 e. The number of benzene rings is 1. The Morgan fingerprint density at radius 1 is 1.14 bits per heavy atom. The Bertz CT molecular complexity index is 1120. The van der Waals surface area contributed by atoms with Crippen LogP contribution in [0.5, 0.6) is 0 Å². The second-order valence-corrected chi connectivity index (χ2v) is 7.50. The van der Waals surface area contributed by atoms with Gasteiger partial charge < -0.3 is 10.2 Å². The van der Waals surface area contributed by atoms with E-state index in [-0.39, 0.29) is 30.2 Å². The van der Waals surface area contributed by atoms with Crippen LogP contribution in [0.15, 0.2) is 48.8 Å². The third-order valence-electron chi connectivity index (χ3n) is 5.08. The van der Waals surface area contributed by atoms with Crippen LogP contribution in [0.25, 0.3) is 11.7 Å². The molecule has 1 N–H and O–H groups in total. The van der Waals surface area contributed by atoms with Crippen molar-refractivity contribution >= 4 is 29.2 Å². The van der Waals surface area contributed by atoms with E-state index < -0.39 is 0 Å². The number of amides is 2. The van der Waals surface area contributed by atoms with Gasteiger partial charge in [0.1, 0.15) is 5.82 Å². The minimum absolute atomic E-state index is 0.0963. The molecule has 1 unspecified atom stereocenters. The molecular weight excluding hydrogens is 366 g/mol. The molecule has 7 heteroatoms. The molecule has 1 aliphatic rings. The van der Waals surface area contributed by atoms with Crippen molar-refractivity contribution in [3.63, 3.8) is 0 Å². The summed E-state index contributed by atoms with van der Waals surface area (Å²) in [6.45, 7) is 5.61. The highest BCUT2D eigenvalue weighted by molar-refractivity contribution is 5.92. The van der Waals surface area contributed by atoms with Gasteiger partial charge in [0.2, 0.25) is 11.8 Å². The molecule has 148 valence electrons. The lowest BCUT2D eigenvalue weighted by molar-refractivity contribution is -0.129. The van der Waals surface area contributed by atoms with Gasteiger partial charge in [-0.15, -0.1) is 10.2 Å². The van der Waals surface area contributed by atoms with Crippen molar-refractivity contribution in [3.05, 3.63) is 65.7 Å². The average Bonchev–Trinajstić information content (AvgIpc) is 3.11. The molecule has 1 aliphatic heterocycles. The van der Waals surface area contributed by atoms with Crippen LogP contribution >= 0.6 is 0 Å². The van der Waals surface area contributed by atoms with Gasteiger partial charge in [0.05, 0.1) is 18.2 Å². The summed E-state index contributed by atoms with van der Waals surface area (Å²) in [6, 6.07) is 11.1. The van der Waals surface area contributed by atoms with Crippen LogP contribution in [0.3, 0.4) is 0 Å². The topological polar surface area (TPSA) is 79.6 Å². The van der Waals surface area contributed by atoms with Crippen LogP contribution < -0.4 is 5.32 Å². The Morgan fingerprint density at radius 3 is 2.69 bits per heavy atom. The lowest BCUT2D eigenvalue weighted by Gasteiger charge is -2.32. The number of hydrogen-bond donors (Lipinski definition) is 1. The molecule has 7 nitrogen and oxygen atoms in total. The second kappa shape index (κ2) is 7.50. The maximum absolute atomic E-state index is 12.8. The van der Waals surface area contributed by atoms with Crippen LogP contribution in [0, 0.1) is 0 Å². The lowest BCUT2D eigenvalue weighted by atomic mass is 9.93. The first kappa shape index (κ1) is 18.9. The van der Waals surface area contributed by atoms with E-state index in [4.69, 9.17) is 0 Å². The molecule has 0 aliphatic carbocycles. The molecule has 0 fully saturated rings. The van der Waals surface area contributed by atoms with Crippen LogP contribution in [0.1, 0.15) is 56.1 Å². The molecular formula is C22H23N5O2. The van der Waals surface area contributed by atoms with Crippen molar-refractivity contribution in [1.29, 1.82) is 0 Å². The van der Waals surface area contributed by atoms with Crippen LogP contribution in [0.2, 0.25) is 0 Å². The molecule has 0 spiro atoms. The van der Waals surface area contributed by atoms with Crippen molar-refractivity contribution in [3.8, 4) is 0 Å². The number of fused-ring (bicyclic) bond motifs is 2. The number of anilines is 1. The first-order valence-corrected chi connectivity index (χ1v) is 9.64. The molecule has 0 radical (unpaired) electrons. The van der Waals surface area contributed by atoms with Crippen LogP contribution in [0.4, 0.5) is 5.69 Å². The standard InChI is InChI=1S/C22H23N5O2/c1-14(2)22-25-24-20-9-8-17(13-27(20)22)23-21(29)12-19-18-7-5-4-6-16(18)10-11-26(19)15(3)28/h4-11,13-14,19H,12H2,1-3H3,(H,23,29). The fourth-order valence-electron chi connectivity index (χ4n) is 3.68. The minimum atomic E-state index is -0.335. The van der Waals surface area contributed by atoms with Gasteiger partial charge in [-0.1, -0.05) is 38.1 Å². The summed E-state index contributed by atoms with van der Waals surface area (Å²) >= 11 is 0. The molecule has 3 aromatic rings. The first-order chi connectivity index (χ1) is 13.9.